The van der Waals surface area contributed by atoms with Crippen LogP contribution in [0.1, 0.15) is 28.9 Å². The number of halogens is 2. The van der Waals surface area contributed by atoms with Crippen LogP contribution in [0.15, 0.2) is 41.6 Å². The molecule has 2 amide bonds. The molecule has 1 saturated heterocycles. The maximum atomic E-state index is 13.4. The molecule has 1 aromatic heterocycles. The molecule has 2 aromatic rings. The zero-order valence-electron chi connectivity index (χ0n) is 16.6. The van der Waals surface area contributed by atoms with Crippen molar-refractivity contribution in [2.24, 2.45) is 5.73 Å². The van der Waals surface area contributed by atoms with Crippen LogP contribution in [0.3, 0.4) is 0 Å². The molecule has 11 heteroatoms. The molecular formula is C20H22ClFN6O2S. The first kappa shape index (κ1) is 21.7. The Balaban J connectivity index is 1.43. The molecule has 4 N–H and O–H groups in total. The number of nitrogens with zero attached hydrogens (tertiary/aromatic N) is 3. The van der Waals surface area contributed by atoms with Gasteiger partial charge in [0.15, 0.2) is 5.50 Å². The zero-order chi connectivity index (χ0) is 22.0. The predicted octanol–water partition coefficient (Wildman–Crippen LogP) is 2.26. The van der Waals surface area contributed by atoms with Crippen molar-refractivity contribution >= 4 is 35.2 Å². The third-order valence-corrected chi connectivity index (χ3v) is 6.67. The number of thioether (sulfide) groups is 1. The summed E-state index contributed by atoms with van der Waals surface area (Å²) in [5.41, 5.74) is 6.73. The molecule has 4 rings (SSSR count). The van der Waals surface area contributed by atoms with E-state index in [2.05, 4.69) is 20.4 Å². The minimum absolute atomic E-state index is 0.0475. The SMILES string of the molecule is NC(=O)C1=CSC(NC(=O)c2ccc(F)c(Cl)c2)N1C1CCN(Cc2cc[nH]n2)CC1. The van der Waals surface area contributed by atoms with Gasteiger partial charge in [0.2, 0.25) is 0 Å². The van der Waals surface area contributed by atoms with E-state index in [1.165, 1.54) is 23.9 Å². The summed E-state index contributed by atoms with van der Waals surface area (Å²) in [5.74, 6) is -1.53. The van der Waals surface area contributed by atoms with E-state index in [0.717, 1.165) is 44.2 Å². The van der Waals surface area contributed by atoms with E-state index in [4.69, 9.17) is 17.3 Å². The van der Waals surface area contributed by atoms with Gasteiger partial charge in [-0.1, -0.05) is 23.4 Å². The molecule has 0 saturated carbocycles. The summed E-state index contributed by atoms with van der Waals surface area (Å²) in [6, 6.07) is 5.80. The van der Waals surface area contributed by atoms with Crippen molar-refractivity contribution in [3.8, 4) is 0 Å². The number of nitrogens with two attached hydrogens (primary N) is 1. The van der Waals surface area contributed by atoms with Gasteiger partial charge in [0.25, 0.3) is 11.8 Å². The lowest BCUT2D eigenvalue weighted by atomic mass is 10.0. The highest BCUT2D eigenvalue weighted by Crippen LogP contribution is 2.35. The van der Waals surface area contributed by atoms with Gasteiger partial charge < -0.3 is 16.0 Å². The first-order chi connectivity index (χ1) is 14.9. The number of amides is 2. The molecule has 31 heavy (non-hydrogen) atoms. The number of hydrogen-bond acceptors (Lipinski definition) is 6. The van der Waals surface area contributed by atoms with E-state index in [-0.39, 0.29) is 16.6 Å². The van der Waals surface area contributed by atoms with Crippen LogP contribution in [-0.2, 0) is 11.3 Å². The summed E-state index contributed by atoms with van der Waals surface area (Å²) in [6.45, 7) is 2.42. The van der Waals surface area contributed by atoms with Gasteiger partial charge in [0.05, 0.1) is 10.7 Å². The molecule has 3 heterocycles. The molecule has 0 bridgehead atoms. The average molecular weight is 465 g/mol. The number of carbonyl (C=O) groups excluding carboxylic acids is 2. The number of piperidine rings is 1. The number of nitrogens with one attached hydrogen (secondary N) is 2. The lowest BCUT2D eigenvalue weighted by Crippen LogP contribution is -2.52. The molecule has 0 aliphatic carbocycles. The standard InChI is InChI=1S/C20H22ClFN6O2S/c21-15-9-12(1-2-16(15)22)19(30)25-20-28(17(11-31-20)18(23)29)14-4-7-27(8-5-14)10-13-3-6-24-26-13/h1-3,6,9,11,14,20H,4-5,7-8,10H2,(H2,23,29)(H,24,26)(H,25,30). The van der Waals surface area contributed by atoms with Crippen LogP contribution in [0, 0.1) is 5.82 Å². The second kappa shape index (κ2) is 9.29. The second-order valence-corrected chi connectivity index (χ2v) is 8.80. The molecule has 1 fully saturated rings. The van der Waals surface area contributed by atoms with E-state index in [9.17, 15) is 14.0 Å². The fourth-order valence-electron chi connectivity index (χ4n) is 3.86. The lowest BCUT2D eigenvalue weighted by molar-refractivity contribution is -0.116. The smallest absolute Gasteiger partial charge is 0.265 e. The number of hydrogen-bond donors (Lipinski definition) is 3. The molecule has 164 valence electrons. The monoisotopic (exact) mass is 464 g/mol. The topological polar surface area (TPSA) is 107 Å². The maximum absolute atomic E-state index is 13.4. The maximum Gasteiger partial charge on any atom is 0.265 e. The summed E-state index contributed by atoms with van der Waals surface area (Å²) in [7, 11) is 0. The first-order valence-corrected chi connectivity index (χ1v) is 11.1. The van der Waals surface area contributed by atoms with Gasteiger partial charge in [-0.05, 0) is 37.1 Å². The lowest BCUT2D eigenvalue weighted by Gasteiger charge is -2.40. The number of aromatic nitrogens is 2. The van der Waals surface area contributed by atoms with E-state index in [1.54, 1.807) is 11.6 Å². The van der Waals surface area contributed by atoms with E-state index in [1.807, 2.05) is 11.0 Å². The molecule has 1 atom stereocenters. The van der Waals surface area contributed by atoms with Crippen LogP contribution < -0.4 is 11.1 Å². The van der Waals surface area contributed by atoms with Crippen molar-refractivity contribution in [3.63, 3.8) is 0 Å². The molecule has 0 spiro atoms. The fraction of sp³-hybridized carbons (Fsp3) is 0.350. The fourth-order valence-corrected chi connectivity index (χ4v) is 5.12. The second-order valence-electron chi connectivity index (χ2n) is 7.44. The Labute approximate surface area is 188 Å². The van der Waals surface area contributed by atoms with Gasteiger partial charge in [0, 0.05) is 42.8 Å². The Morgan fingerprint density at radius 3 is 2.74 bits per heavy atom. The molecule has 2 aliphatic rings. The normalized spacial score (nSPS) is 20.0. The molecular weight excluding hydrogens is 443 g/mol. The summed E-state index contributed by atoms with van der Waals surface area (Å²) in [5, 5.41) is 11.5. The highest BCUT2D eigenvalue weighted by Gasteiger charge is 2.37. The van der Waals surface area contributed by atoms with Gasteiger partial charge in [0.1, 0.15) is 11.5 Å². The minimum Gasteiger partial charge on any atom is -0.364 e. The first-order valence-electron chi connectivity index (χ1n) is 9.83. The highest BCUT2D eigenvalue weighted by atomic mass is 35.5. The summed E-state index contributed by atoms with van der Waals surface area (Å²) < 4.78 is 13.4. The van der Waals surface area contributed by atoms with Crippen molar-refractivity contribution in [2.75, 3.05) is 13.1 Å². The molecule has 2 aliphatic heterocycles. The Kier molecular flexibility index (Phi) is 6.49. The zero-order valence-corrected chi connectivity index (χ0v) is 18.1. The average Bonchev–Trinajstić information content (AvgIpc) is 3.40. The summed E-state index contributed by atoms with van der Waals surface area (Å²) in [4.78, 5) is 28.9. The number of H-pyrrole nitrogens is 1. The number of aromatic amines is 1. The van der Waals surface area contributed by atoms with Crippen molar-refractivity contribution in [1.82, 2.24) is 25.3 Å². The summed E-state index contributed by atoms with van der Waals surface area (Å²) in [6.07, 6.45) is 3.42. The molecule has 0 radical (unpaired) electrons. The van der Waals surface area contributed by atoms with E-state index in [0.29, 0.717) is 5.70 Å². The third kappa shape index (κ3) is 4.86. The number of primary amides is 1. The largest absolute Gasteiger partial charge is 0.364 e. The van der Waals surface area contributed by atoms with Crippen molar-refractivity contribution in [1.29, 1.82) is 0 Å². The van der Waals surface area contributed by atoms with Crippen molar-refractivity contribution in [3.05, 3.63) is 63.7 Å². The van der Waals surface area contributed by atoms with Crippen LogP contribution in [0.5, 0.6) is 0 Å². The predicted molar refractivity (Wildman–Crippen MR) is 116 cm³/mol. The van der Waals surface area contributed by atoms with Crippen molar-refractivity contribution < 1.29 is 14.0 Å². The third-order valence-electron chi connectivity index (χ3n) is 5.42. The van der Waals surface area contributed by atoms with Crippen LogP contribution >= 0.6 is 23.4 Å². The highest BCUT2D eigenvalue weighted by molar-refractivity contribution is 8.02. The van der Waals surface area contributed by atoms with E-state index >= 15 is 0 Å². The molecule has 1 unspecified atom stereocenters. The molecule has 1 aromatic carbocycles. The Bertz CT molecular complexity index is 994. The van der Waals surface area contributed by atoms with Gasteiger partial charge in [-0.15, -0.1) is 0 Å². The number of benzene rings is 1. The van der Waals surface area contributed by atoms with Crippen molar-refractivity contribution in [2.45, 2.75) is 30.9 Å². The quantitative estimate of drug-likeness (QED) is 0.605. The van der Waals surface area contributed by atoms with Crippen LogP contribution in [0.4, 0.5) is 4.39 Å². The Morgan fingerprint density at radius 1 is 1.32 bits per heavy atom. The van der Waals surface area contributed by atoms with Gasteiger partial charge in [-0.25, -0.2) is 4.39 Å². The number of likely N-dealkylation sites (tertiary alicyclic amines) is 1. The minimum atomic E-state index is -0.589. The van der Waals surface area contributed by atoms with E-state index < -0.39 is 23.1 Å². The van der Waals surface area contributed by atoms with Gasteiger partial charge in [-0.3, -0.25) is 19.6 Å². The Hall–Kier alpha value is -2.56. The van der Waals surface area contributed by atoms with Crippen LogP contribution in [0.25, 0.3) is 0 Å². The van der Waals surface area contributed by atoms with Gasteiger partial charge >= 0.3 is 0 Å². The van der Waals surface area contributed by atoms with Crippen LogP contribution in [0.2, 0.25) is 5.02 Å². The number of rotatable bonds is 6. The molecule has 8 nitrogen and oxygen atoms in total. The summed E-state index contributed by atoms with van der Waals surface area (Å²) >= 11 is 7.11. The van der Waals surface area contributed by atoms with Crippen LogP contribution in [-0.4, -0.2) is 56.4 Å². The van der Waals surface area contributed by atoms with Gasteiger partial charge in [-0.2, -0.15) is 5.10 Å². The number of carbonyl (C=O) groups is 2. The Morgan fingerprint density at radius 2 is 2.10 bits per heavy atom.